The summed E-state index contributed by atoms with van der Waals surface area (Å²) in [5.74, 6) is 1.41. The molecule has 3 aromatic carbocycles. The monoisotopic (exact) mass is 429 g/mol. The van der Waals surface area contributed by atoms with Crippen LogP contribution in [0.15, 0.2) is 72.9 Å². The fourth-order valence-corrected chi connectivity index (χ4v) is 3.20. The number of methoxy groups -OCH3 is 2. The van der Waals surface area contributed by atoms with Gasteiger partial charge in [-0.1, -0.05) is 12.1 Å². The number of amides is 1. The van der Waals surface area contributed by atoms with Gasteiger partial charge in [-0.05, 0) is 55.5 Å². The lowest BCUT2D eigenvalue weighted by Crippen LogP contribution is -2.30. The Labute approximate surface area is 186 Å². The Hall–Kier alpha value is -4.13. The highest BCUT2D eigenvalue weighted by molar-refractivity contribution is 5.95. The third-order valence-corrected chi connectivity index (χ3v) is 4.95. The molecule has 0 aliphatic carbocycles. The molecule has 1 heterocycles. The molecule has 0 bridgehead atoms. The summed E-state index contributed by atoms with van der Waals surface area (Å²) in [6, 6.07) is 20.3. The molecule has 32 heavy (non-hydrogen) atoms. The molecule has 0 aliphatic rings. The summed E-state index contributed by atoms with van der Waals surface area (Å²) < 4.78 is 16.3. The first-order valence-corrected chi connectivity index (χ1v) is 10.1. The van der Waals surface area contributed by atoms with Crippen molar-refractivity contribution in [1.82, 2.24) is 9.97 Å². The van der Waals surface area contributed by atoms with Gasteiger partial charge in [0.15, 0.2) is 6.10 Å². The van der Waals surface area contributed by atoms with Crippen molar-refractivity contribution < 1.29 is 19.0 Å². The van der Waals surface area contributed by atoms with Crippen molar-refractivity contribution in [3.8, 4) is 28.5 Å². The first-order valence-electron chi connectivity index (χ1n) is 10.1. The third-order valence-electron chi connectivity index (χ3n) is 4.95. The highest BCUT2D eigenvalue weighted by Crippen LogP contribution is 2.29. The number of para-hydroxylation sites is 2. The van der Waals surface area contributed by atoms with E-state index in [0.717, 1.165) is 22.3 Å². The van der Waals surface area contributed by atoms with Crippen molar-refractivity contribution in [2.45, 2.75) is 13.0 Å². The van der Waals surface area contributed by atoms with Gasteiger partial charge in [0.25, 0.3) is 5.91 Å². The maximum Gasteiger partial charge on any atom is 0.265 e. The summed E-state index contributed by atoms with van der Waals surface area (Å²) in [7, 11) is 3.10. The van der Waals surface area contributed by atoms with E-state index in [1.165, 1.54) is 0 Å². The normalized spacial score (nSPS) is 11.6. The minimum absolute atomic E-state index is 0.305. The molecule has 7 heteroatoms. The molecule has 1 aromatic heterocycles. The molecule has 0 radical (unpaired) electrons. The van der Waals surface area contributed by atoms with E-state index in [9.17, 15) is 4.79 Å². The number of rotatable bonds is 7. The zero-order valence-corrected chi connectivity index (χ0v) is 18.0. The van der Waals surface area contributed by atoms with Crippen LogP contribution >= 0.6 is 0 Å². The average Bonchev–Trinajstić information content (AvgIpc) is 2.84. The van der Waals surface area contributed by atoms with Crippen LogP contribution in [0.4, 0.5) is 5.69 Å². The number of carbonyl (C=O) groups is 1. The van der Waals surface area contributed by atoms with Gasteiger partial charge < -0.3 is 19.5 Å². The molecule has 0 fully saturated rings. The molecule has 0 spiro atoms. The second-order valence-electron chi connectivity index (χ2n) is 7.08. The van der Waals surface area contributed by atoms with Crippen LogP contribution in [0.2, 0.25) is 0 Å². The summed E-state index contributed by atoms with van der Waals surface area (Å²) in [4.78, 5) is 21.8. The number of nitrogens with one attached hydrogen (secondary N) is 1. The molecule has 0 saturated carbocycles. The molecule has 1 atom stereocenters. The van der Waals surface area contributed by atoms with Crippen LogP contribution < -0.4 is 19.5 Å². The minimum atomic E-state index is -0.725. The smallest absolute Gasteiger partial charge is 0.265 e. The molecule has 4 rings (SSSR count). The molecular formula is C25H23N3O4. The number of aromatic nitrogens is 2. The number of fused-ring (bicyclic) bond motifs is 1. The highest BCUT2D eigenvalue weighted by Gasteiger charge is 2.17. The Morgan fingerprint density at radius 3 is 2.34 bits per heavy atom. The van der Waals surface area contributed by atoms with E-state index < -0.39 is 6.10 Å². The van der Waals surface area contributed by atoms with E-state index in [0.29, 0.717) is 22.9 Å². The van der Waals surface area contributed by atoms with Gasteiger partial charge in [-0.15, -0.1) is 0 Å². The maximum atomic E-state index is 12.6. The predicted molar refractivity (Wildman–Crippen MR) is 123 cm³/mol. The van der Waals surface area contributed by atoms with Gasteiger partial charge in [0.1, 0.15) is 17.2 Å². The zero-order chi connectivity index (χ0) is 22.5. The summed E-state index contributed by atoms with van der Waals surface area (Å²) >= 11 is 0. The standard InChI is InChI=1S/C25H23N3O4/c1-16(25(29)28-22-14-19(30-2)12-13-24(22)31-3)32-18-10-8-17(9-11-18)23-15-26-20-6-4-5-7-21(20)27-23/h4-16H,1-3H3,(H,28,29)/t16-/m1/s1. The molecular weight excluding hydrogens is 406 g/mol. The highest BCUT2D eigenvalue weighted by atomic mass is 16.5. The summed E-state index contributed by atoms with van der Waals surface area (Å²) in [6.07, 6.45) is 1.02. The first-order chi connectivity index (χ1) is 15.6. The zero-order valence-electron chi connectivity index (χ0n) is 18.0. The van der Waals surface area contributed by atoms with Gasteiger partial charge in [0.2, 0.25) is 0 Å². The molecule has 1 N–H and O–H groups in total. The van der Waals surface area contributed by atoms with E-state index in [-0.39, 0.29) is 5.91 Å². The van der Waals surface area contributed by atoms with E-state index in [4.69, 9.17) is 14.2 Å². The Bertz CT molecular complexity index is 1240. The topological polar surface area (TPSA) is 82.6 Å². The van der Waals surface area contributed by atoms with Gasteiger partial charge in [0, 0.05) is 11.6 Å². The second-order valence-corrected chi connectivity index (χ2v) is 7.08. The molecule has 7 nitrogen and oxygen atoms in total. The number of ether oxygens (including phenoxy) is 3. The van der Waals surface area contributed by atoms with Gasteiger partial charge in [-0.2, -0.15) is 0 Å². The van der Waals surface area contributed by atoms with Crippen LogP contribution in [-0.4, -0.2) is 36.2 Å². The van der Waals surface area contributed by atoms with Crippen molar-refractivity contribution in [1.29, 1.82) is 0 Å². The van der Waals surface area contributed by atoms with Gasteiger partial charge in [0.05, 0.1) is 42.8 Å². The molecule has 4 aromatic rings. The van der Waals surface area contributed by atoms with Gasteiger partial charge in [-0.25, -0.2) is 4.98 Å². The van der Waals surface area contributed by atoms with Crippen LogP contribution in [0.5, 0.6) is 17.2 Å². The largest absolute Gasteiger partial charge is 0.497 e. The number of carbonyl (C=O) groups excluding carboxylic acids is 1. The van der Waals surface area contributed by atoms with Crippen molar-refractivity contribution >= 4 is 22.6 Å². The Kier molecular flexibility index (Phi) is 6.17. The van der Waals surface area contributed by atoms with Crippen molar-refractivity contribution in [2.24, 2.45) is 0 Å². The van der Waals surface area contributed by atoms with Gasteiger partial charge >= 0.3 is 0 Å². The number of hydrogen-bond donors (Lipinski definition) is 1. The summed E-state index contributed by atoms with van der Waals surface area (Å²) in [5.41, 5.74) is 3.88. The average molecular weight is 429 g/mol. The molecule has 0 unspecified atom stereocenters. The molecule has 0 aliphatic heterocycles. The van der Waals surface area contributed by atoms with E-state index >= 15 is 0 Å². The SMILES string of the molecule is COc1ccc(OC)c(NC(=O)[C@@H](C)Oc2ccc(-c3cnc4ccccc4n3)cc2)c1. The quantitative estimate of drug-likeness (QED) is 0.458. The number of hydrogen-bond acceptors (Lipinski definition) is 6. The van der Waals surface area contributed by atoms with E-state index in [1.807, 2.05) is 48.5 Å². The van der Waals surface area contributed by atoms with Crippen LogP contribution in [-0.2, 0) is 4.79 Å². The molecule has 0 saturated heterocycles. The molecule has 1 amide bonds. The van der Waals surface area contributed by atoms with Crippen LogP contribution in [0.1, 0.15) is 6.92 Å². The summed E-state index contributed by atoms with van der Waals surface area (Å²) in [5, 5.41) is 2.82. The van der Waals surface area contributed by atoms with E-state index in [2.05, 4.69) is 15.3 Å². The lowest BCUT2D eigenvalue weighted by Gasteiger charge is -2.17. The maximum absolute atomic E-state index is 12.6. The minimum Gasteiger partial charge on any atom is -0.497 e. The van der Waals surface area contributed by atoms with E-state index in [1.54, 1.807) is 45.5 Å². The van der Waals surface area contributed by atoms with Gasteiger partial charge in [-0.3, -0.25) is 9.78 Å². The van der Waals surface area contributed by atoms with Crippen LogP contribution in [0.3, 0.4) is 0 Å². The Balaban J connectivity index is 1.44. The third kappa shape index (κ3) is 4.62. The summed E-state index contributed by atoms with van der Waals surface area (Å²) in [6.45, 7) is 1.69. The fourth-order valence-electron chi connectivity index (χ4n) is 3.20. The Morgan fingerprint density at radius 1 is 0.906 bits per heavy atom. The number of benzene rings is 3. The number of nitrogens with zero attached hydrogens (tertiary/aromatic N) is 2. The second kappa shape index (κ2) is 9.34. The van der Waals surface area contributed by atoms with Crippen molar-refractivity contribution in [3.63, 3.8) is 0 Å². The Morgan fingerprint density at radius 2 is 1.62 bits per heavy atom. The fraction of sp³-hybridized carbons (Fsp3) is 0.160. The lowest BCUT2D eigenvalue weighted by molar-refractivity contribution is -0.122. The lowest BCUT2D eigenvalue weighted by atomic mass is 10.1. The van der Waals surface area contributed by atoms with Crippen molar-refractivity contribution in [3.05, 3.63) is 72.9 Å². The molecule has 162 valence electrons. The van der Waals surface area contributed by atoms with Crippen molar-refractivity contribution in [2.75, 3.05) is 19.5 Å². The number of anilines is 1. The van der Waals surface area contributed by atoms with Crippen LogP contribution in [0.25, 0.3) is 22.3 Å². The first kappa shape index (κ1) is 21.1. The predicted octanol–water partition coefficient (Wildman–Crippen LogP) is 4.72. The van der Waals surface area contributed by atoms with Crippen LogP contribution in [0, 0.1) is 0 Å².